The monoisotopic (exact) mass is 649 g/mol. The van der Waals surface area contributed by atoms with Gasteiger partial charge in [0.25, 0.3) is 0 Å². The zero-order valence-electron chi connectivity index (χ0n) is 28.9. The lowest BCUT2D eigenvalue weighted by atomic mass is 10.0. The van der Waals surface area contributed by atoms with Crippen molar-refractivity contribution in [3.8, 4) is 0 Å². The van der Waals surface area contributed by atoms with Crippen molar-refractivity contribution >= 4 is 13.7 Å². The van der Waals surface area contributed by atoms with Crippen LogP contribution in [0.15, 0.2) is 0 Å². The number of hydrogen-bond donors (Lipinski definition) is 4. The van der Waals surface area contributed by atoms with Gasteiger partial charge in [0, 0.05) is 13.0 Å². The second-order valence-electron chi connectivity index (χ2n) is 12.8. The van der Waals surface area contributed by atoms with Crippen molar-refractivity contribution in [1.82, 2.24) is 5.32 Å². The van der Waals surface area contributed by atoms with E-state index in [1.807, 2.05) is 0 Å². The molecule has 0 aromatic heterocycles. The third kappa shape index (κ3) is 30.2. The van der Waals surface area contributed by atoms with Crippen molar-refractivity contribution in [2.75, 3.05) is 19.8 Å². The van der Waals surface area contributed by atoms with Crippen LogP contribution in [0.3, 0.4) is 0 Å². The highest BCUT2D eigenvalue weighted by atomic mass is 31.2. The van der Waals surface area contributed by atoms with Crippen LogP contribution >= 0.6 is 7.82 Å². The summed E-state index contributed by atoms with van der Waals surface area (Å²) in [6, 6.07) is -0.764. The Morgan fingerprint density at radius 1 is 0.659 bits per heavy atom. The van der Waals surface area contributed by atoms with Gasteiger partial charge in [-0.1, -0.05) is 168 Å². The predicted molar refractivity (Wildman–Crippen MR) is 185 cm³/mol. The molecule has 3 atom stereocenters. The second kappa shape index (κ2) is 32.4. The Morgan fingerprint density at radius 3 is 1.45 bits per heavy atom. The molecule has 0 heterocycles. The molecular weight excluding hydrogens is 575 g/mol. The van der Waals surface area contributed by atoms with Crippen molar-refractivity contribution in [3.63, 3.8) is 0 Å². The maximum atomic E-state index is 12.6. The topological polar surface area (TPSA) is 131 Å². The Balaban J connectivity index is 4.05. The van der Waals surface area contributed by atoms with E-state index >= 15 is 0 Å². The number of aliphatic hydroxyl groups is 1. The smallest absolute Gasteiger partial charge is 0.391 e. The molecule has 5 N–H and O–H groups in total. The number of rotatable bonds is 35. The van der Waals surface area contributed by atoms with Crippen LogP contribution in [0.4, 0.5) is 0 Å². The number of nitrogens with two attached hydrogens (primary N) is 1. The number of carbonyl (C=O) groups is 1. The van der Waals surface area contributed by atoms with Gasteiger partial charge in [-0.2, -0.15) is 0 Å². The molecule has 0 radical (unpaired) electrons. The number of hydrogen-bond acceptors (Lipinski definition) is 6. The van der Waals surface area contributed by atoms with Gasteiger partial charge in [-0.05, 0) is 12.8 Å². The van der Waals surface area contributed by atoms with Gasteiger partial charge in [0.15, 0.2) is 0 Å². The maximum absolute atomic E-state index is 12.6. The van der Waals surface area contributed by atoms with Crippen molar-refractivity contribution in [2.45, 2.75) is 199 Å². The first-order valence-corrected chi connectivity index (χ1v) is 20.1. The van der Waals surface area contributed by atoms with Gasteiger partial charge in [0.1, 0.15) is 0 Å². The SMILES string of the molecule is CCCCCCCCCCCCCCCCCCCCC(=O)NC(COP(=O)(O)OCCN)C(O)CCCCCCCCC. The van der Waals surface area contributed by atoms with Crippen LogP contribution < -0.4 is 11.1 Å². The number of nitrogens with one attached hydrogen (secondary N) is 1. The molecule has 0 fully saturated rings. The zero-order chi connectivity index (χ0) is 32.6. The summed E-state index contributed by atoms with van der Waals surface area (Å²) in [5, 5.41) is 13.6. The van der Waals surface area contributed by atoms with E-state index in [9.17, 15) is 19.4 Å². The molecule has 0 aliphatic carbocycles. The molecule has 0 bridgehead atoms. The highest BCUT2D eigenvalue weighted by molar-refractivity contribution is 7.47. The fourth-order valence-corrected chi connectivity index (χ4v) is 6.37. The van der Waals surface area contributed by atoms with Gasteiger partial charge in [-0.3, -0.25) is 13.8 Å². The Morgan fingerprint density at radius 2 is 1.05 bits per heavy atom. The molecule has 264 valence electrons. The summed E-state index contributed by atoms with van der Waals surface area (Å²) in [7, 11) is -4.29. The maximum Gasteiger partial charge on any atom is 0.472 e. The van der Waals surface area contributed by atoms with Gasteiger partial charge in [-0.15, -0.1) is 0 Å². The van der Waals surface area contributed by atoms with Crippen molar-refractivity contribution in [1.29, 1.82) is 0 Å². The molecule has 0 saturated heterocycles. The number of carbonyl (C=O) groups excluding carboxylic acids is 1. The molecule has 0 aromatic rings. The molecule has 8 nitrogen and oxygen atoms in total. The fourth-order valence-electron chi connectivity index (χ4n) is 5.61. The summed E-state index contributed by atoms with van der Waals surface area (Å²) < 4.78 is 22.0. The van der Waals surface area contributed by atoms with Gasteiger partial charge >= 0.3 is 7.82 Å². The van der Waals surface area contributed by atoms with E-state index in [4.69, 9.17) is 14.8 Å². The normalized spacial score (nSPS) is 14.4. The first-order chi connectivity index (χ1) is 21.4. The van der Waals surface area contributed by atoms with Gasteiger partial charge in [0.2, 0.25) is 5.91 Å². The standard InChI is InChI=1S/C35H73N2O6P/c1-3-5-7-9-11-12-13-14-15-16-17-18-19-20-21-23-25-27-29-35(39)37-33(32-43-44(40,41)42-31-30-36)34(38)28-26-24-22-10-8-6-4-2/h33-34,38H,3-32,36H2,1-2H3,(H,37,39)(H,40,41). The lowest BCUT2D eigenvalue weighted by Gasteiger charge is -2.25. The molecule has 9 heteroatoms. The predicted octanol–water partition coefficient (Wildman–Crippen LogP) is 9.50. The minimum Gasteiger partial charge on any atom is -0.391 e. The summed E-state index contributed by atoms with van der Waals surface area (Å²) in [5.74, 6) is -0.163. The second-order valence-corrected chi connectivity index (χ2v) is 14.3. The molecule has 0 aliphatic heterocycles. The van der Waals surface area contributed by atoms with Crippen molar-refractivity contribution in [3.05, 3.63) is 0 Å². The molecular formula is C35H73N2O6P. The van der Waals surface area contributed by atoms with Gasteiger partial charge < -0.3 is 21.1 Å². The summed E-state index contributed by atoms with van der Waals surface area (Å²) in [5.41, 5.74) is 5.34. The highest BCUT2D eigenvalue weighted by Gasteiger charge is 2.27. The Bertz CT molecular complexity index is 669. The Kier molecular flexibility index (Phi) is 32.1. The minimum atomic E-state index is -4.29. The third-order valence-electron chi connectivity index (χ3n) is 8.46. The lowest BCUT2D eigenvalue weighted by Crippen LogP contribution is -2.46. The lowest BCUT2D eigenvalue weighted by molar-refractivity contribution is -0.123. The van der Waals surface area contributed by atoms with Crippen LogP contribution in [0.1, 0.15) is 187 Å². The van der Waals surface area contributed by atoms with E-state index in [0.717, 1.165) is 38.5 Å². The summed E-state index contributed by atoms with van der Waals surface area (Å²) >= 11 is 0. The van der Waals surface area contributed by atoms with E-state index in [1.54, 1.807) is 0 Å². The van der Waals surface area contributed by atoms with Gasteiger partial charge in [0.05, 0.1) is 25.4 Å². The zero-order valence-corrected chi connectivity index (χ0v) is 29.8. The molecule has 0 aromatic carbocycles. The van der Waals surface area contributed by atoms with Crippen LogP contribution in [-0.2, 0) is 18.4 Å². The van der Waals surface area contributed by atoms with E-state index in [-0.39, 0.29) is 25.7 Å². The summed E-state index contributed by atoms with van der Waals surface area (Å²) in [4.78, 5) is 22.5. The van der Waals surface area contributed by atoms with E-state index in [0.29, 0.717) is 12.8 Å². The number of amides is 1. The highest BCUT2D eigenvalue weighted by Crippen LogP contribution is 2.43. The summed E-state index contributed by atoms with van der Waals surface area (Å²) in [6.07, 6.45) is 31.3. The molecule has 0 aliphatic rings. The molecule has 1 amide bonds. The van der Waals surface area contributed by atoms with Gasteiger partial charge in [-0.25, -0.2) is 4.57 Å². The fraction of sp³-hybridized carbons (Fsp3) is 0.971. The largest absolute Gasteiger partial charge is 0.472 e. The Labute approximate surface area is 272 Å². The van der Waals surface area contributed by atoms with Crippen LogP contribution in [0, 0.1) is 0 Å². The first kappa shape index (κ1) is 43.5. The first-order valence-electron chi connectivity index (χ1n) is 18.7. The van der Waals surface area contributed by atoms with Crippen LogP contribution in [0.5, 0.6) is 0 Å². The molecule has 3 unspecified atom stereocenters. The number of aliphatic hydroxyl groups excluding tert-OH is 1. The van der Waals surface area contributed by atoms with Crippen LogP contribution in [-0.4, -0.2) is 47.8 Å². The average molecular weight is 649 g/mol. The Hall–Kier alpha value is -0.500. The molecule has 0 saturated carbocycles. The third-order valence-corrected chi connectivity index (χ3v) is 9.45. The number of phosphoric ester groups is 1. The van der Waals surface area contributed by atoms with Crippen LogP contribution in [0.2, 0.25) is 0 Å². The minimum absolute atomic E-state index is 0.0916. The van der Waals surface area contributed by atoms with E-state index < -0.39 is 20.0 Å². The number of phosphoric acid groups is 1. The molecule has 44 heavy (non-hydrogen) atoms. The summed E-state index contributed by atoms with van der Waals surface area (Å²) in [6.45, 7) is 4.16. The van der Waals surface area contributed by atoms with E-state index in [1.165, 1.54) is 122 Å². The average Bonchev–Trinajstić information content (AvgIpc) is 3.01. The quantitative estimate of drug-likeness (QED) is 0.0398. The number of unbranched alkanes of at least 4 members (excludes halogenated alkanes) is 23. The molecule has 0 rings (SSSR count). The van der Waals surface area contributed by atoms with Crippen LogP contribution in [0.25, 0.3) is 0 Å². The van der Waals surface area contributed by atoms with Crippen molar-refractivity contribution in [2.24, 2.45) is 5.73 Å². The molecule has 0 spiro atoms. The van der Waals surface area contributed by atoms with Crippen molar-refractivity contribution < 1.29 is 28.4 Å². The van der Waals surface area contributed by atoms with E-state index in [2.05, 4.69) is 19.2 Å².